The molecular formula is C13H19NO2. The van der Waals surface area contributed by atoms with Gasteiger partial charge in [0.25, 0.3) is 0 Å². The second-order valence-electron chi connectivity index (χ2n) is 4.08. The molecule has 2 rings (SSSR count). The van der Waals surface area contributed by atoms with Crippen LogP contribution in [0.3, 0.4) is 0 Å². The summed E-state index contributed by atoms with van der Waals surface area (Å²) in [6, 6.07) is 8.17. The summed E-state index contributed by atoms with van der Waals surface area (Å²) in [5.41, 5.74) is 1.30. The maximum atomic E-state index is 5.77. The zero-order valence-electron chi connectivity index (χ0n) is 9.74. The SMILES string of the molecule is COc1ccc(CCOC2CCNC2)cc1. The molecule has 0 amide bonds. The monoisotopic (exact) mass is 221 g/mol. The van der Waals surface area contributed by atoms with Crippen molar-refractivity contribution in [3.8, 4) is 5.75 Å². The summed E-state index contributed by atoms with van der Waals surface area (Å²) < 4.78 is 10.9. The van der Waals surface area contributed by atoms with Crippen molar-refractivity contribution in [2.75, 3.05) is 26.8 Å². The van der Waals surface area contributed by atoms with Gasteiger partial charge in [0.1, 0.15) is 5.75 Å². The van der Waals surface area contributed by atoms with E-state index >= 15 is 0 Å². The topological polar surface area (TPSA) is 30.5 Å². The Hall–Kier alpha value is -1.06. The maximum absolute atomic E-state index is 5.77. The van der Waals surface area contributed by atoms with E-state index in [1.165, 1.54) is 5.56 Å². The van der Waals surface area contributed by atoms with Gasteiger partial charge in [0.05, 0.1) is 19.8 Å². The number of benzene rings is 1. The molecule has 0 bridgehead atoms. The largest absolute Gasteiger partial charge is 0.497 e. The fraction of sp³-hybridized carbons (Fsp3) is 0.538. The highest BCUT2D eigenvalue weighted by Gasteiger charge is 2.13. The van der Waals surface area contributed by atoms with Gasteiger partial charge in [-0.15, -0.1) is 0 Å². The number of nitrogens with one attached hydrogen (secondary N) is 1. The molecule has 0 saturated carbocycles. The van der Waals surface area contributed by atoms with Crippen LogP contribution in [0.4, 0.5) is 0 Å². The van der Waals surface area contributed by atoms with Crippen molar-refractivity contribution in [3.05, 3.63) is 29.8 Å². The molecule has 1 fully saturated rings. The average Bonchev–Trinajstić information content (AvgIpc) is 2.83. The molecule has 1 atom stereocenters. The third-order valence-corrected chi connectivity index (χ3v) is 2.92. The minimum atomic E-state index is 0.415. The Morgan fingerprint density at radius 2 is 2.12 bits per heavy atom. The summed E-state index contributed by atoms with van der Waals surface area (Å²) in [6.07, 6.45) is 2.53. The molecule has 1 aromatic carbocycles. The summed E-state index contributed by atoms with van der Waals surface area (Å²) in [4.78, 5) is 0. The Morgan fingerprint density at radius 3 is 2.75 bits per heavy atom. The molecule has 0 spiro atoms. The number of hydrogen-bond donors (Lipinski definition) is 1. The Balaban J connectivity index is 1.71. The smallest absolute Gasteiger partial charge is 0.118 e. The van der Waals surface area contributed by atoms with Crippen LogP contribution in [-0.4, -0.2) is 32.9 Å². The highest BCUT2D eigenvalue weighted by Crippen LogP contribution is 2.12. The zero-order chi connectivity index (χ0) is 11.2. The van der Waals surface area contributed by atoms with Gasteiger partial charge in [-0.25, -0.2) is 0 Å². The molecule has 1 heterocycles. The third kappa shape index (κ3) is 3.22. The molecule has 1 unspecified atom stereocenters. The molecule has 1 aromatic rings. The third-order valence-electron chi connectivity index (χ3n) is 2.92. The molecule has 1 saturated heterocycles. The van der Waals surface area contributed by atoms with Crippen LogP contribution in [0.1, 0.15) is 12.0 Å². The lowest BCUT2D eigenvalue weighted by Gasteiger charge is -2.10. The van der Waals surface area contributed by atoms with Crippen LogP contribution >= 0.6 is 0 Å². The van der Waals surface area contributed by atoms with E-state index in [4.69, 9.17) is 9.47 Å². The van der Waals surface area contributed by atoms with Crippen LogP contribution in [0.5, 0.6) is 5.75 Å². The predicted octanol–water partition coefficient (Wildman–Crippen LogP) is 1.62. The number of rotatable bonds is 5. The fourth-order valence-corrected chi connectivity index (χ4v) is 1.91. The Labute approximate surface area is 96.8 Å². The molecule has 0 aliphatic carbocycles. The molecule has 1 aliphatic heterocycles. The highest BCUT2D eigenvalue weighted by molar-refractivity contribution is 5.27. The first-order chi connectivity index (χ1) is 7.88. The van der Waals surface area contributed by atoms with E-state index in [1.807, 2.05) is 12.1 Å². The van der Waals surface area contributed by atoms with E-state index in [0.29, 0.717) is 6.10 Å². The summed E-state index contributed by atoms with van der Waals surface area (Å²) in [7, 11) is 1.69. The zero-order valence-corrected chi connectivity index (χ0v) is 9.74. The van der Waals surface area contributed by atoms with Gasteiger partial charge in [0.2, 0.25) is 0 Å². The normalized spacial score (nSPS) is 19.9. The van der Waals surface area contributed by atoms with Gasteiger partial charge in [0.15, 0.2) is 0 Å². The van der Waals surface area contributed by atoms with Crippen molar-refractivity contribution in [2.45, 2.75) is 18.9 Å². The first-order valence-electron chi connectivity index (χ1n) is 5.84. The standard InChI is InChI=1S/C13H19NO2/c1-15-12-4-2-11(3-5-12)7-9-16-13-6-8-14-10-13/h2-5,13-14H,6-10H2,1H3. The minimum absolute atomic E-state index is 0.415. The Morgan fingerprint density at radius 1 is 1.31 bits per heavy atom. The molecule has 0 radical (unpaired) electrons. The molecule has 3 heteroatoms. The quantitative estimate of drug-likeness (QED) is 0.819. The first-order valence-corrected chi connectivity index (χ1v) is 5.84. The van der Waals surface area contributed by atoms with Crippen LogP contribution in [0.15, 0.2) is 24.3 Å². The second kappa shape index (κ2) is 5.87. The van der Waals surface area contributed by atoms with Gasteiger partial charge in [-0.2, -0.15) is 0 Å². The molecule has 1 N–H and O–H groups in total. The van der Waals surface area contributed by atoms with Crippen LogP contribution in [0, 0.1) is 0 Å². The average molecular weight is 221 g/mol. The minimum Gasteiger partial charge on any atom is -0.497 e. The molecular weight excluding hydrogens is 202 g/mol. The first kappa shape index (κ1) is 11.4. The second-order valence-corrected chi connectivity index (χ2v) is 4.08. The number of hydrogen-bond acceptors (Lipinski definition) is 3. The fourth-order valence-electron chi connectivity index (χ4n) is 1.91. The molecule has 0 aromatic heterocycles. The van der Waals surface area contributed by atoms with Crippen molar-refractivity contribution in [3.63, 3.8) is 0 Å². The van der Waals surface area contributed by atoms with Crippen molar-refractivity contribution >= 4 is 0 Å². The van der Waals surface area contributed by atoms with Crippen LogP contribution in [0.25, 0.3) is 0 Å². The predicted molar refractivity (Wildman–Crippen MR) is 63.9 cm³/mol. The van der Waals surface area contributed by atoms with Gasteiger partial charge < -0.3 is 14.8 Å². The summed E-state index contributed by atoms with van der Waals surface area (Å²) in [6.45, 7) is 2.90. The van der Waals surface area contributed by atoms with Gasteiger partial charge in [-0.05, 0) is 37.1 Å². The van der Waals surface area contributed by atoms with E-state index in [2.05, 4.69) is 17.4 Å². The summed E-state index contributed by atoms with van der Waals surface area (Å²) in [5.74, 6) is 0.907. The molecule has 1 aliphatic rings. The van der Waals surface area contributed by atoms with Crippen molar-refractivity contribution < 1.29 is 9.47 Å². The lowest BCUT2D eigenvalue weighted by molar-refractivity contribution is 0.0694. The lowest BCUT2D eigenvalue weighted by Crippen LogP contribution is -2.17. The Kier molecular flexibility index (Phi) is 4.19. The number of methoxy groups -OCH3 is 1. The molecule has 3 nitrogen and oxygen atoms in total. The van der Waals surface area contributed by atoms with Gasteiger partial charge >= 0.3 is 0 Å². The van der Waals surface area contributed by atoms with Crippen LogP contribution < -0.4 is 10.1 Å². The maximum Gasteiger partial charge on any atom is 0.118 e. The molecule has 88 valence electrons. The summed E-state index contributed by atoms with van der Waals surface area (Å²) >= 11 is 0. The van der Waals surface area contributed by atoms with Crippen molar-refractivity contribution in [1.82, 2.24) is 5.32 Å². The van der Waals surface area contributed by atoms with Gasteiger partial charge in [-0.1, -0.05) is 12.1 Å². The van der Waals surface area contributed by atoms with E-state index < -0.39 is 0 Å². The lowest BCUT2D eigenvalue weighted by atomic mass is 10.1. The van der Waals surface area contributed by atoms with Gasteiger partial charge in [-0.3, -0.25) is 0 Å². The highest BCUT2D eigenvalue weighted by atomic mass is 16.5. The van der Waals surface area contributed by atoms with Crippen LogP contribution in [-0.2, 0) is 11.2 Å². The van der Waals surface area contributed by atoms with Crippen LogP contribution in [0.2, 0.25) is 0 Å². The number of ether oxygens (including phenoxy) is 2. The van der Waals surface area contributed by atoms with Crippen molar-refractivity contribution in [2.24, 2.45) is 0 Å². The van der Waals surface area contributed by atoms with E-state index in [0.717, 1.165) is 38.3 Å². The summed E-state index contributed by atoms with van der Waals surface area (Å²) in [5, 5.41) is 3.29. The van der Waals surface area contributed by atoms with E-state index in [1.54, 1.807) is 7.11 Å². The van der Waals surface area contributed by atoms with E-state index in [9.17, 15) is 0 Å². The van der Waals surface area contributed by atoms with Crippen molar-refractivity contribution in [1.29, 1.82) is 0 Å². The Bertz CT molecular complexity index is 304. The van der Waals surface area contributed by atoms with Gasteiger partial charge in [0, 0.05) is 6.54 Å². The molecule has 16 heavy (non-hydrogen) atoms. The van der Waals surface area contributed by atoms with E-state index in [-0.39, 0.29) is 0 Å².